The molecule has 3 rings (SSSR count). The minimum Gasteiger partial charge on any atom is -0.459 e. The molecular formula is C23H24BrN3O4S. The van der Waals surface area contributed by atoms with Crippen LogP contribution >= 0.6 is 15.9 Å². The Bertz CT molecular complexity index is 1210. The summed E-state index contributed by atoms with van der Waals surface area (Å²) in [6.07, 6.45) is 1.97. The summed E-state index contributed by atoms with van der Waals surface area (Å²) in [5.41, 5.74) is 4.59. The highest BCUT2D eigenvalue weighted by Crippen LogP contribution is 2.27. The van der Waals surface area contributed by atoms with E-state index in [1.165, 1.54) is 6.21 Å². The Morgan fingerprint density at radius 1 is 1.16 bits per heavy atom. The molecule has 3 aromatic rings. The van der Waals surface area contributed by atoms with Gasteiger partial charge in [0, 0.05) is 6.07 Å². The van der Waals surface area contributed by atoms with Crippen molar-refractivity contribution in [3.8, 4) is 0 Å². The van der Waals surface area contributed by atoms with Crippen molar-refractivity contribution in [1.82, 2.24) is 5.43 Å². The Morgan fingerprint density at radius 2 is 1.84 bits per heavy atom. The van der Waals surface area contributed by atoms with E-state index in [9.17, 15) is 13.2 Å². The Hall–Kier alpha value is -2.91. The second-order valence-corrected chi connectivity index (χ2v) is 9.87. The van der Waals surface area contributed by atoms with Crippen LogP contribution in [0.3, 0.4) is 0 Å². The number of nitrogens with zero attached hydrogens (tertiary/aromatic N) is 2. The average molecular weight is 518 g/mol. The fourth-order valence-corrected chi connectivity index (χ4v) is 4.83. The molecule has 1 aromatic heterocycles. The lowest BCUT2D eigenvalue weighted by atomic mass is 10.1. The summed E-state index contributed by atoms with van der Waals surface area (Å²) in [5.74, 6) is 0.560. The van der Waals surface area contributed by atoms with Crippen molar-refractivity contribution < 1.29 is 17.6 Å². The van der Waals surface area contributed by atoms with Crippen LogP contribution < -0.4 is 9.73 Å². The third kappa shape index (κ3) is 5.46. The minimum atomic E-state index is -3.98. The zero-order valence-electron chi connectivity index (χ0n) is 18.0. The van der Waals surface area contributed by atoms with Crippen LogP contribution in [-0.4, -0.2) is 27.1 Å². The number of hydrazone groups is 1. The van der Waals surface area contributed by atoms with Crippen molar-refractivity contribution in [3.05, 3.63) is 81.7 Å². The van der Waals surface area contributed by atoms with Gasteiger partial charge in [-0.15, -0.1) is 0 Å². The number of rotatable bonds is 8. The molecule has 0 spiro atoms. The number of carbonyl (C=O) groups is 1. The Morgan fingerprint density at radius 3 is 2.47 bits per heavy atom. The monoisotopic (exact) mass is 517 g/mol. The molecule has 9 heteroatoms. The van der Waals surface area contributed by atoms with Gasteiger partial charge in [0.2, 0.25) is 0 Å². The highest BCUT2D eigenvalue weighted by Gasteiger charge is 2.28. The largest absolute Gasteiger partial charge is 0.459 e. The molecule has 0 aliphatic rings. The molecule has 0 fully saturated rings. The summed E-state index contributed by atoms with van der Waals surface area (Å²) in [6, 6.07) is 15.4. The van der Waals surface area contributed by atoms with E-state index < -0.39 is 22.5 Å². The van der Waals surface area contributed by atoms with E-state index >= 15 is 0 Å². The molecule has 0 radical (unpaired) electrons. The van der Waals surface area contributed by atoms with Gasteiger partial charge < -0.3 is 4.42 Å². The molecule has 2 aromatic carbocycles. The molecule has 7 nitrogen and oxygen atoms in total. The van der Waals surface area contributed by atoms with Crippen molar-refractivity contribution in [1.29, 1.82) is 0 Å². The molecule has 1 N–H and O–H groups in total. The molecule has 1 heterocycles. The van der Waals surface area contributed by atoms with Crippen molar-refractivity contribution in [2.24, 2.45) is 5.10 Å². The SMILES string of the molecule is CCc1ccccc1N(CC(=O)N/N=C\c1cc(Br)c(C)o1)S(=O)(=O)c1ccc(C)cc1. The predicted octanol–water partition coefficient (Wildman–Crippen LogP) is 4.57. The lowest BCUT2D eigenvalue weighted by Gasteiger charge is -2.25. The molecule has 0 saturated carbocycles. The first-order valence-corrected chi connectivity index (χ1v) is 12.2. The maximum absolute atomic E-state index is 13.5. The third-order valence-corrected chi connectivity index (χ3v) is 7.36. The molecule has 0 aliphatic carbocycles. The van der Waals surface area contributed by atoms with Crippen molar-refractivity contribution in [3.63, 3.8) is 0 Å². The summed E-state index contributed by atoms with van der Waals surface area (Å²) in [5, 5.41) is 3.89. The van der Waals surface area contributed by atoms with E-state index in [1.54, 1.807) is 49.4 Å². The summed E-state index contributed by atoms with van der Waals surface area (Å²) in [7, 11) is -3.98. The number of benzene rings is 2. The molecule has 32 heavy (non-hydrogen) atoms. The van der Waals surface area contributed by atoms with Crippen LogP contribution in [0.15, 0.2) is 73.5 Å². The average Bonchev–Trinajstić information content (AvgIpc) is 3.09. The molecular weight excluding hydrogens is 494 g/mol. The number of hydrogen-bond acceptors (Lipinski definition) is 5. The first-order chi connectivity index (χ1) is 15.2. The van der Waals surface area contributed by atoms with Crippen LogP contribution in [0.4, 0.5) is 5.69 Å². The van der Waals surface area contributed by atoms with Crippen LogP contribution in [0.25, 0.3) is 0 Å². The smallest absolute Gasteiger partial charge is 0.264 e. The number of halogens is 1. The minimum absolute atomic E-state index is 0.112. The number of amides is 1. The van der Waals surface area contributed by atoms with Gasteiger partial charge in [-0.1, -0.05) is 42.8 Å². The van der Waals surface area contributed by atoms with Crippen LogP contribution in [0, 0.1) is 13.8 Å². The fraction of sp³-hybridized carbons (Fsp3) is 0.217. The third-order valence-electron chi connectivity index (χ3n) is 4.79. The van der Waals surface area contributed by atoms with Gasteiger partial charge in [-0.05, 0) is 60.0 Å². The van der Waals surface area contributed by atoms with Crippen molar-refractivity contribution >= 4 is 43.8 Å². The Balaban J connectivity index is 1.88. The first-order valence-electron chi connectivity index (χ1n) is 9.97. The molecule has 1 amide bonds. The zero-order valence-corrected chi connectivity index (χ0v) is 20.4. The number of sulfonamides is 1. The molecule has 0 unspecified atom stereocenters. The maximum atomic E-state index is 13.5. The summed E-state index contributed by atoms with van der Waals surface area (Å²) in [6.45, 7) is 5.18. The molecule has 0 atom stereocenters. The second kappa shape index (κ2) is 10.1. The van der Waals surface area contributed by atoms with Gasteiger partial charge in [0.1, 0.15) is 18.1 Å². The van der Waals surface area contributed by atoms with Gasteiger partial charge in [0.25, 0.3) is 15.9 Å². The van der Waals surface area contributed by atoms with Gasteiger partial charge in [0.15, 0.2) is 0 Å². The molecule has 0 aliphatic heterocycles. The summed E-state index contributed by atoms with van der Waals surface area (Å²) >= 11 is 3.34. The van der Waals surface area contributed by atoms with Crippen LogP contribution in [0.1, 0.15) is 29.6 Å². The number of carbonyl (C=O) groups excluding carboxylic acids is 1. The van der Waals surface area contributed by atoms with Gasteiger partial charge in [-0.25, -0.2) is 13.8 Å². The highest BCUT2D eigenvalue weighted by molar-refractivity contribution is 9.10. The molecule has 0 saturated heterocycles. The van der Waals surface area contributed by atoms with Gasteiger partial charge in [-0.2, -0.15) is 5.10 Å². The Labute approximate surface area is 196 Å². The summed E-state index contributed by atoms with van der Waals surface area (Å²) in [4.78, 5) is 12.8. The van der Waals surface area contributed by atoms with Gasteiger partial charge in [0.05, 0.1) is 21.3 Å². The number of para-hydroxylation sites is 1. The van der Waals surface area contributed by atoms with Crippen LogP contribution in [0.5, 0.6) is 0 Å². The zero-order chi connectivity index (χ0) is 23.3. The number of furan rings is 1. The maximum Gasteiger partial charge on any atom is 0.264 e. The Kier molecular flexibility index (Phi) is 7.52. The van der Waals surface area contributed by atoms with Gasteiger partial charge >= 0.3 is 0 Å². The van der Waals surface area contributed by atoms with E-state index in [0.29, 0.717) is 23.6 Å². The molecule has 168 valence electrons. The lowest BCUT2D eigenvalue weighted by molar-refractivity contribution is -0.119. The lowest BCUT2D eigenvalue weighted by Crippen LogP contribution is -2.40. The number of hydrogen-bond donors (Lipinski definition) is 1. The standard InChI is InChI=1S/C23H24BrN3O4S/c1-4-18-7-5-6-8-22(18)27(32(29,30)20-11-9-16(2)10-12-20)15-23(28)26-25-14-19-13-21(24)17(3)31-19/h5-14H,4,15H2,1-3H3,(H,26,28)/b25-14-. The van der Waals surface area contributed by atoms with Crippen molar-refractivity contribution in [2.45, 2.75) is 32.1 Å². The number of anilines is 1. The topological polar surface area (TPSA) is 92.0 Å². The van der Waals surface area contributed by atoms with Gasteiger partial charge in [-0.3, -0.25) is 9.10 Å². The van der Waals surface area contributed by atoms with Crippen LogP contribution in [-0.2, 0) is 21.2 Å². The van der Waals surface area contributed by atoms with Crippen molar-refractivity contribution in [2.75, 3.05) is 10.8 Å². The quantitative estimate of drug-likeness (QED) is 0.350. The normalized spacial score (nSPS) is 11.6. The van der Waals surface area contributed by atoms with E-state index in [-0.39, 0.29) is 4.90 Å². The highest BCUT2D eigenvalue weighted by atomic mass is 79.9. The van der Waals surface area contributed by atoms with E-state index in [4.69, 9.17) is 4.42 Å². The summed E-state index contributed by atoms with van der Waals surface area (Å²) < 4.78 is 34.3. The van der Waals surface area contributed by atoms with Crippen LogP contribution in [0.2, 0.25) is 0 Å². The first kappa shape index (κ1) is 23.7. The number of aryl methyl sites for hydroxylation is 3. The predicted molar refractivity (Wildman–Crippen MR) is 128 cm³/mol. The van der Waals surface area contributed by atoms with E-state index in [0.717, 1.165) is 19.9 Å². The fourth-order valence-electron chi connectivity index (χ4n) is 3.07. The van der Waals surface area contributed by atoms with E-state index in [1.807, 2.05) is 26.0 Å². The number of nitrogens with one attached hydrogen (secondary N) is 1. The molecule has 0 bridgehead atoms. The second-order valence-electron chi connectivity index (χ2n) is 7.15. The van der Waals surface area contributed by atoms with E-state index in [2.05, 4.69) is 26.5 Å².